The molecular weight excluding hydrogens is 323 g/mol. The lowest BCUT2D eigenvalue weighted by Gasteiger charge is -2.11. The van der Waals surface area contributed by atoms with Gasteiger partial charge in [-0.3, -0.25) is 9.78 Å². The summed E-state index contributed by atoms with van der Waals surface area (Å²) in [7, 11) is 2.97. The lowest BCUT2D eigenvalue weighted by atomic mass is 10.2. The van der Waals surface area contributed by atoms with Gasteiger partial charge in [0, 0.05) is 24.4 Å². The number of pyridine rings is 1. The molecule has 5 nitrogen and oxygen atoms in total. The summed E-state index contributed by atoms with van der Waals surface area (Å²) < 4.78 is 23.3. The van der Waals surface area contributed by atoms with Crippen LogP contribution in [0.4, 0.5) is 10.1 Å². The highest BCUT2D eigenvalue weighted by Crippen LogP contribution is 2.35. The van der Waals surface area contributed by atoms with Crippen LogP contribution in [-0.4, -0.2) is 25.1 Å². The SMILES string of the molecule is COc1cc(Cl)c(NC(=O)C=Cc2cncc(F)c2)cc1OC. The predicted molar refractivity (Wildman–Crippen MR) is 86.4 cm³/mol. The minimum Gasteiger partial charge on any atom is -0.493 e. The fourth-order valence-corrected chi connectivity index (χ4v) is 2.02. The quantitative estimate of drug-likeness (QED) is 0.848. The average Bonchev–Trinajstić information content (AvgIpc) is 2.54. The van der Waals surface area contributed by atoms with Crippen molar-refractivity contribution in [2.75, 3.05) is 19.5 Å². The molecule has 0 saturated heterocycles. The van der Waals surface area contributed by atoms with E-state index in [-0.39, 0.29) is 0 Å². The largest absolute Gasteiger partial charge is 0.493 e. The van der Waals surface area contributed by atoms with Gasteiger partial charge >= 0.3 is 0 Å². The van der Waals surface area contributed by atoms with Crippen LogP contribution in [-0.2, 0) is 4.79 Å². The smallest absolute Gasteiger partial charge is 0.248 e. The molecule has 1 amide bonds. The van der Waals surface area contributed by atoms with Gasteiger partial charge in [-0.25, -0.2) is 4.39 Å². The summed E-state index contributed by atoms with van der Waals surface area (Å²) in [5, 5.41) is 2.92. The number of amides is 1. The van der Waals surface area contributed by atoms with Gasteiger partial charge in [-0.05, 0) is 17.7 Å². The Balaban J connectivity index is 2.14. The van der Waals surface area contributed by atoms with Gasteiger partial charge < -0.3 is 14.8 Å². The second kappa shape index (κ2) is 7.60. The van der Waals surface area contributed by atoms with Gasteiger partial charge in [0.05, 0.1) is 31.1 Å². The van der Waals surface area contributed by atoms with Crippen molar-refractivity contribution in [2.45, 2.75) is 0 Å². The van der Waals surface area contributed by atoms with Gasteiger partial charge in [0.25, 0.3) is 0 Å². The number of aromatic nitrogens is 1. The van der Waals surface area contributed by atoms with Crippen LogP contribution in [0.25, 0.3) is 6.08 Å². The van der Waals surface area contributed by atoms with Crippen molar-refractivity contribution in [1.29, 1.82) is 0 Å². The first-order valence-corrected chi connectivity index (χ1v) is 6.92. The van der Waals surface area contributed by atoms with E-state index in [1.807, 2.05) is 0 Å². The molecule has 0 aliphatic carbocycles. The van der Waals surface area contributed by atoms with E-state index in [4.69, 9.17) is 21.1 Å². The molecule has 0 spiro atoms. The van der Waals surface area contributed by atoms with Crippen molar-refractivity contribution in [3.63, 3.8) is 0 Å². The first kappa shape index (κ1) is 16.8. The topological polar surface area (TPSA) is 60.5 Å². The van der Waals surface area contributed by atoms with Gasteiger partial charge in [-0.2, -0.15) is 0 Å². The third kappa shape index (κ3) is 4.43. The summed E-state index contributed by atoms with van der Waals surface area (Å²) in [6.07, 6.45) is 5.22. The number of halogens is 2. The van der Waals surface area contributed by atoms with Gasteiger partial charge in [-0.1, -0.05) is 11.6 Å². The molecule has 0 aliphatic rings. The van der Waals surface area contributed by atoms with E-state index in [0.29, 0.717) is 27.8 Å². The molecule has 0 saturated carbocycles. The lowest BCUT2D eigenvalue weighted by Crippen LogP contribution is -2.08. The number of hydrogen-bond acceptors (Lipinski definition) is 4. The van der Waals surface area contributed by atoms with Gasteiger partial charge in [0.2, 0.25) is 5.91 Å². The number of ether oxygens (including phenoxy) is 2. The second-order valence-corrected chi connectivity index (χ2v) is 4.85. The van der Waals surface area contributed by atoms with Crippen molar-refractivity contribution < 1.29 is 18.7 Å². The second-order valence-electron chi connectivity index (χ2n) is 4.45. The predicted octanol–water partition coefficient (Wildman–Crippen LogP) is 3.54. The van der Waals surface area contributed by atoms with Crippen LogP contribution in [0.1, 0.15) is 5.56 Å². The van der Waals surface area contributed by atoms with Crippen molar-refractivity contribution in [3.05, 3.63) is 53.1 Å². The molecule has 2 rings (SSSR count). The molecule has 120 valence electrons. The van der Waals surface area contributed by atoms with Crippen LogP contribution in [0.3, 0.4) is 0 Å². The fraction of sp³-hybridized carbons (Fsp3) is 0.125. The Bertz CT molecular complexity index is 750. The summed E-state index contributed by atoms with van der Waals surface area (Å²) in [4.78, 5) is 15.6. The summed E-state index contributed by atoms with van der Waals surface area (Å²) in [6, 6.07) is 4.35. The Morgan fingerprint density at radius 3 is 2.57 bits per heavy atom. The van der Waals surface area contributed by atoms with Crippen LogP contribution >= 0.6 is 11.6 Å². The third-order valence-corrected chi connectivity index (χ3v) is 3.20. The molecule has 23 heavy (non-hydrogen) atoms. The Morgan fingerprint density at radius 1 is 1.22 bits per heavy atom. The standard InChI is InChI=1S/C16H14ClFN2O3/c1-22-14-6-12(17)13(7-15(14)23-2)20-16(21)4-3-10-5-11(18)9-19-8-10/h3-9H,1-2H3,(H,20,21). The molecule has 7 heteroatoms. The highest BCUT2D eigenvalue weighted by molar-refractivity contribution is 6.34. The molecule has 0 atom stereocenters. The van der Waals surface area contributed by atoms with Gasteiger partial charge in [-0.15, -0.1) is 0 Å². The monoisotopic (exact) mass is 336 g/mol. The molecule has 0 radical (unpaired) electrons. The minimum atomic E-state index is -0.476. The first-order valence-electron chi connectivity index (χ1n) is 6.54. The normalized spacial score (nSPS) is 10.6. The number of methoxy groups -OCH3 is 2. The maximum absolute atomic E-state index is 13.0. The van der Waals surface area contributed by atoms with Crippen LogP contribution < -0.4 is 14.8 Å². The van der Waals surface area contributed by atoms with Crippen LogP contribution in [0.5, 0.6) is 11.5 Å². The number of nitrogens with zero attached hydrogens (tertiary/aromatic N) is 1. The molecule has 0 unspecified atom stereocenters. The van der Waals surface area contributed by atoms with Gasteiger partial charge in [0.15, 0.2) is 11.5 Å². The van der Waals surface area contributed by atoms with E-state index in [9.17, 15) is 9.18 Å². The van der Waals surface area contributed by atoms with E-state index in [0.717, 1.165) is 6.20 Å². The summed E-state index contributed by atoms with van der Waals surface area (Å²) >= 11 is 6.09. The zero-order chi connectivity index (χ0) is 16.8. The molecular formula is C16H14ClFN2O3. The maximum Gasteiger partial charge on any atom is 0.248 e. The van der Waals surface area contributed by atoms with E-state index < -0.39 is 11.7 Å². The van der Waals surface area contributed by atoms with Crippen LogP contribution in [0.2, 0.25) is 5.02 Å². The van der Waals surface area contributed by atoms with Crippen LogP contribution in [0.15, 0.2) is 36.7 Å². The summed E-state index contributed by atoms with van der Waals surface area (Å²) in [5.74, 6) is -0.0127. The molecule has 1 aromatic heterocycles. The molecule has 1 aromatic carbocycles. The molecule has 2 aromatic rings. The highest BCUT2D eigenvalue weighted by atomic mass is 35.5. The lowest BCUT2D eigenvalue weighted by molar-refractivity contribution is -0.111. The third-order valence-electron chi connectivity index (χ3n) is 2.88. The molecule has 0 aliphatic heterocycles. The molecule has 1 N–H and O–H groups in total. The highest BCUT2D eigenvalue weighted by Gasteiger charge is 2.11. The average molecular weight is 337 g/mol. The zero-order valence-corrected chi connectivity index (χ0v) is 13.2. The number of anilines is 1. The number of nitrogens with one attached hydrogen (secondary N) is 1. The fourth-order valence-electron chi connectivity index (χ4n) is 1.82. The maximum atomic E-state index is 13.0. The number of rotatable bonds is 5. The number of carbonyl (C=O) groups excluding carboxylic acids is 1. The first-order chi connectivity index (χ1) is 11.0. The van der Waals surface area contributed by atoms with E-state index in [2.05, 4.69) is 10.3 Å². The molecule has 0 fully saturated rings. The molecule has 1 heterocycles. The van der Waals surface area contributed by atoms with Crippen molar-refractivity contribution in [1.82, 2.24) is 4.98 Å². The van der Waals surface area contributed by atoms with E-state index in [1.165, 1.54) is 44.7 Å². The van der Waals surface area contributed by atoms with Crippen molar-refractivity contribution >= 4 is 29.3 Å². The van der Waals surface area contributed by atoms with Crippen molar-refractivity contribution in [2.24, 2.45) is 0 Å². The summed E-state index contributed by atoms with van der Waals surface area (Å²) in [5.41, 5.74) is 0.842. The summed E-state index contributed by atoms with van der Waals surface area (Å²) in [6.45, 7) is 0. The Hall–Kier alpha value is -2.60. The van der Waals surface area contributed by atoms with Crippen LogP contribution in [0, 0.1) is 5.82 Å². The zero-order valence-electron chi connectivity index (χ0n) is 12.5. The van der Waals surface area contributed by atoms with Gasteiger partial charge in [0.1, 0.15) is 5.82 Å². The number of carbonyl (C=O) groups is 1. The Labute approximate surface area is 137 Å². The number of hydrogen-bond donors (Lipinski definition) is 1. The number of benzene rings is 1. The Morgan fingerprint density at radius 2 is 1.91 bits per heavy atom. The Kier molecular flexibility index (Phi) is 5.54. The van der Waals surface area contributed by atoms with E-state index in [1.54, 1.807) is 6.07 Å². The molecule has 0 bridgehead atoms. The van der Waals surface area contributed by atoms with Crippen molar-refractivity contribution in [3.8, 4) is 11.5 Å². The minimum absolute atomic E-state index is 0.303. The van der Waals surface area contributed by atoms with E-state index >= 15 is 0 Å².